The molecule has 0 fully saturated rings. The number of para-hydroxylation sites is 1. The Balaban J connectivity index is 1.31. The zero-order valence-electron chi connectivity index (χ0n) is 17.8. The average molecular weight is 462 g/mol. The summed E-state index contributed by atoms with van der Waals surface area (Å²) in [6.45, 7) is 3.91. The molecule has 2 N–H and O–H groups in total. The zero-order chi connectivity index (χ0) is 22.5. The van der Waals surface area contributed by atoms with Gasteiger partial charge in [-0.1, -0.05) is 24.3 Å². The van der Waals surface area contributed by atoms with Crippen LogP contribution in [0.1, 0.15) is 34.8 Å². The highest BCUT2D eigenvalue weighted by Crippen LogP contribution is 2.24. The van der Waals surface area contributed by atoms with E-state index in [-0.39, 0.29) is 17.1 Å². The van der Waals surface area contributed by atoms with Gasteiger partial charge in [-0.3, -0.25) is 10.1 Å². The molecule has 0 aliphatic carbocycles. The highest BCUT2D eigenvalue weighted by molar-refractivity contribution is 7.80. The first kappa shape index (κ1) is 21.9. The van der Waals surface area contributed by atoms with Crippen LogP contribution in [0.5, 0.6) is 5.75 Å². The summed E-state index contributed by atoms with van der Waals surface area (Å²) in [4.78, 5) is 17.1. The van der Waals surface area contributed by atoms with Gasteiger partial charge in [0.1, 0.15) is 5.75 Å². The number of ether oxygens (including phenoxy) is 1. The van der Waals surface area contributed by atoms with Gasteiger partial charge in [-0.05, 0) is 80.2 Å². The van der Waals surface area contributed by atoms with E-state index in [0.29, 0.717) is 5.56 Å². The number of hydrogen-bond donors (Lipinski definition) is 2. The lowest BCUT2D eigenvalue weighted by atomic mass is 10.1. The number of carbonyl (C=O) groups excluding carboxylic acids is 1. The molecule has 0 spiro atoms. The monoisotopic (exact) mass is 461 g/mol. The molecular weight excluding hydrogens is 438 g/mol. The van der Waals surface area contributed by atoms with E-state index in [1.54, 1.807) is 35.6 Å². The van der Waals surface area contributed by atoms with Gasteiger partial charge in [-0.2, -0.15) is 0 Å². The van der Waals surface area contributed by atoms with E-state index in [9.17, 15) is 4.79 Å². The first-order chi connectivity index (χ1) is 15.5. The Morgan fingerprint density at radius 1 is 1.03 bits per heavy atom. The standard InChI is InChI=1S/C25H23N3O2S2/c1-16(2)30-20-13-9-18(10-14-20)24(29)28-25(31)26-19-11-7-17(8-12-19)15-23-27-21-5-3-4-6-22(21)32-23/h3-14,16H,15H2,1-2H3,(H2,26,28,29,31). The quantitative estimate of drug-likeness (QED) is 0.355. The van der Waals surface area contributed by atoms with Gasteiger partial charge in [-0.15, -0.1) is 11.3 Å². The molecule has 0 radical (unpaired) electrons. The third-order valence-electron chi connectivity index (χ3n) is 4.62. The summed E-state index contributed by atoms with van der Waals surface area (Å²) in [7, 11) is 0. The molecule has 0 unspecified atom stereocenters. The lowest BCUT2D eigenvalue weighted by molar-refractivity contribution is 0.0977. The minimum absolute atomic E-state index is 0.0825. The number of aromatic nitrogens is 1. The second-order valence-corrected chi connectivity index (χ2v) is 9.07. The van der Waals surface area contributed by atoms with Gasteiger partial charge in [0.2, 0.25) is 0 Å². The molecule has 0 bridgehead atoms. The molecule has 0 atom stereocenters. The molecule has 0 saturated heterocycles. The first-order valence-corrected chi connectivity index (χ1v) is 11.5. The number of fused-ring (bicyclic) bond motifs is 1. The van der Waals surface area contributed by atoms with Crippen LogP contribution < -0.4 is 15.4 Å². The molecule has 4 aromatic rings. The van der Waals surface area contributed by atoms with Crippen LogP contribution in [0.4, 0.5) is 5.69 Å². The van der Waals surface area contributed by atoms with Crippen molar-refractivity contribution in [3.8, 4) is 5.75 Å². The number of amides is 1. The Morgan fingerprint density at radius 2 is 1.75 bits per heavy atom. The molecule has 32 heavy (non-hydrogen) atoms. The summed E-state index contributed by atoms with van der Waals surface area (Å²) in [6.07, 6.45) is 0.858. The molecule has 4 rings (SSSR count). The van der Waals surface area contributed by atoms with Crippen LogP contribution in [0.15, 0.2) is 72.8 Å². The van der Waals surface area contributed by atoms with E-state index in [4.69, 9.17) is 17.0 Å². The van der Waals surface area contributed by atoms with E-state index in [0.717, 1.165) is 33.9 Å². The van der Waals surface area contributed by atoms with Crippen molar-refractivity contribution in [1.29, 1.82) is 0 Å². The molecule has 0 aliphatic heterocycles. The third-order valence-corrected chi connectivity index (χ3v) is 5.86. The van der Waals surface area contributed by atoms with E-state index in [2.05, 4.69) is 21.7 Å². The van der Waals surface area contributed by atoms with Crippen LogP contribution in [0.2, 0.25) is 0 Å². The second-order valence-electron chi connectivity index (χ2n) is 7.55. The van der Waals surface area contributed by atoms with Gasteiger partial charge in [0.25, 0.3) is 5.91 Å². The van der Waals surface area contributed by atoms with Gasteiger partial charge in [-0.25, -0.2) is 4.98 Å². The van der Waals surface area contributed by atoms with Crippen molar-refractivity contribution in [1.82, 2.24) is 10.3 Å². The molecule has 1 heterocycles. The van der Waals surface area contributed by atoms with Gasteiger partial charge >= 0.3 is 0 Å². The summed E-state index contributed by atoms with van der Waals surface area (Å²) >= 11 is 7.01. The average Bonchev–Trinajstić information content (AvgIpc) is 3.17. The Labute approximate surface area is 196 Å². The number of anilines is 1. The van der Waals surface area contributed by atoms with Crippen LogP contribution in [-0.4, -0.2) is 22.1 Å². The van der Waals surface area contributed by atoms with E-state index in [1.807, 2.05) is 56.3 Å². The largest absolute Gasteiger partial charge is 0.491 e. The molecule has 0 saturated carbocycles. The summed E-state index contributed by atoms with van der Waals surface area (Å²) in [5, 5.41) is 7.09. The fourth-order valence-electron chi connectivity index (χ4n) is 3.17. The molecular formula is C25H23N3O2S2. The highest BCUT2D eigenvalue weighted by Gasteiger charge is 2.09. The molecule has 1 amide bonds. The number of nitrogens with zero attached hydrogens (tertiary/aromatic N) is 1. The molecule has 0 aliphatic rings. The maximum Gasteiger partial charge on any atom is 0.257 e. The summed E-state index contributed by atoms with van der Waals surface area (Å²) in [6, 6.07) is 23.1. The third kappa shape index (κ3) is 5.69. The Kier molecular flexibility index (Phi) is 6.78. The summed E-state index contributed by atoms with van der Waals surface area (Å²) in [5.41, 5.74) is 3.52. The number of thiocarbonyl (C=S) groups is 1. The van der Waals surface area contributed by atoms with Gasteiger partial charge in [0, 0.05) is 17.7 Å². The fraction of sp³-hybridized carbons (Fsp3) is 0.160. The lowest BCUT2D eigenvalue weighted by Crippen LogP contribution is -2.34. The highest BCUT2D eigenvalue weighted by atomic mass is 32.1. The Morgan fingerprint density at radius 3 is 2.44 bits per heavy atom. The lowest BCUT2D eigenvalue weighted by Gasteiger charge is -2.11. The van der Waals surface area contributed by atoms with Crippen LogP contribution in [0.3, 0.4) is 0 Å². The van der Waals surface area contributed by atoms with E-state index < -0.39 is 0 Å². The Hall–Kier alpha value is -3.29. The van der Waals surface area contributed by atoms with Crippen LogP contribution in [0.25, 0.3) is 10.2 Å². The number of nitrogens with one attached hydrogen (secondary N) is 2. The normalized spacial score (nSPS) is 10.8. The van der Waals surface area contributed by atoms with E-state index in [1.165, 1.54) is 4.70 Å². The molecule has 7 heteroatoms. The minimum atomic E-state index is -0.272. The zero-order valence-corrected chi connectivity index (χ0v) is 19.4. The molecule has 1 aromatic heterocycles. The van der Waals surface area contributed by atoms with Crippen LogP contribution in [0, 0.1) is 0 Å². The predicted octanol–water partition coefficient (Wildman–Crippen LogP) is 5.80. The predicted molar refractivity (Wildman–Crippen MR) is 135 cm³/mol. The van der Waals surface area contributed by atoms with Crippen molar-refractivity contribution in [3.05, 3.63) is 88.9 Å². The van der Waals surface area contributed by atoms with Crippen molar-refractivity contribution in [2.45, 2.75) is 26.4 Å². The molecule has 5 nitrogen and oxygen atoms in total. The molecule has 3 aromatic carbocycles. The molecule has 162 valence electrons. The minimum Gasteiger partial charge on any atom is -0.491 e. The van der Waals surface area contributed by atoms with Gasteiger partial charge in [0.15, 0.2) is 5.11 Å². The van der Waals surface area contributed by atoms with Crippen molar-refractivity contribution >= 4 is 50.5 Å². The maximum absolute atomic E-state index is 12.4. The van der Waals surface area contributed by atoms with Crippen LogP contribution in [-0.2, 0) is 6.42 Å². The van der Waals surface area contributed by atoms with Crippen molar-refractivity contribution < 1.29 is 9.53 Å². The van der Waals surface area contributed by atoms with Crippen LogP contribution >= 0.6 is 23.6 Å². The number of benzene rings is 3. The first-order valence-electron chi connectivity index (χ1n) is 10.3. The van der Waals surface area contributed by atoms with Crippen molar-refractivity contribution in [2.75, 3.05) is 5.32 Å². The number of carbonyl (C=O) groups is 1. The van der Waals surface area contributed by atoms with Gasteiger partial charge in [0.05, 0.1) is 21.3 Å². The fourth-order valence-corrected chi connectivity index (χ4v) is 4.38. The maximum atomic E-state index is 12.4. The summed E-state index contributed by atoms with van der Waals surface area (Å²) in [5.74, 6) is 0.453. The van der Waals surface area contributed by atoms with Crippen molar-refractivity contribution in [2.24, 2.45) is 0 Å². The van der Waals surface area contributed by atoms with E-state index >= 15 is 0 Å². The number of rotatable bonds is 6. The number of hydrogen-bond acceptors (Lipinski definition) is 5. The summed E-state index contributed by atoms with van der Waals surface area (Å²) < 4.78 is 6.80. The smallest absolute Gasteiger partial charge is 0.257 e. The van der Waals surface area contributed by atoms with Gasteiger partial charge < -0.3 is 10.1 Å². The Bertz CT molecular complexity index is 1200. The van der Waals surface area contributed by atoms with Crippen molar-refractivity contribution in [3.63, 3.8) is 0 Å². The topological polar surface area (TPSA) is 63.2 Å². The second kappa shape index (κ2) is 9.89. The SMILES string of the molecule is CC(C)Oc1ccc(C(=O)NC(=S)Nc2ccc(Cc3nc4ccccc4s3)cc2)cc1. The number of thiazole rings is 1.